The van der Waals surface area contributed by atoms with Gasteiger partial charge in [0.2, 0.25) is 0 Å². The number of nitrogens with zero attached hydrogens (tertiary/aromatic N) is 2. The fourth-order valence-electron chi connectivity index (χ4n) is 2.44. The molecule has 1 aliphatic carbocycles. The molecule has 90 valence electrons. The van der Waals surface area contributed by atoms with Gasteiger partial charge in [0.1, 0.15) is 6.33 Å². The van der Waals surface area contributed by atoms with Gasteiger partial charge >= 0.3 is 0 Å². The van der Waals surface area contributed by atoms with Crippen LogP contribution in [0.1, 0.15) is 33.6 Å². The van der Waals surface area contributed by atoms with Gasteiger partial charge in [-0.15, -0.1) is 0 Å². The summed E-state index contributed by atoms with van der Waals surface area (Å²) >= 11 is 3.39. The first-order chi connectivity index (χ1) is 7.63. The summed E-state index contributed by atoms with van der Waals surface area (Å²) in [6.07, 6.45) is 4.21. The molecule has 5 heteroatoms. The molecule has 1 N–H and O–H groups in total. The zero-order valence-corrected chi connectivity index (χ0v) is 11.7. The van der Waals surface area contributed by atoms with Crippen LogP contribution in [0.25, 0.3) is 0 Å². The second kappa shape index (κ2) is 5.02. The van der Waals surface area contributed by atoms with Crippen LogP contribution in [-0.4, -0.2) is 27.2 Å². The number of aromatic nitrogens is 2. The molecule has 1 aromatic rings. The molecule has 0 spiro atoms. The monoisotopic (exact) mass is 257 g/mol. The lowest BCUT2D eigenvalue weighted by molar-refractivity contribution is 0.290. The van der Waals surface area contributed by atoms with Crippen LogP contribution in [0.2, 0.25) is 0 Å². The summed E-state index contributed by atoms with van der Waals surface area (Å²) in [5.74, 6) is 0. The van der Waals surface area contributed by atoms with E-state index in [2.05, 4.69) is 35.4 Å². The van der Waals surface area contributed by atoms with E-state index >= 15 is 0 Å². The van der Waals surface area contributed by atoms with Gasteiger partial charge in [0.25, 0.3) is 0 Å². The van der Waals surface area contributed by atoms with Crippen LogP contribution < -0.4 is 5.32 Å². The first kappa shape index (κ1) is 12.3. The summed E-state index contributed by atoms with van der Waals surface area (Å²) in [6.45, 7) is 7.95. The quantitative estimate of drug-likeness (QED) is 0.900. The van der Waals surface area contributed by atoms with Gasteiger partial charge in [-0.25, -0.2) is 4.98 Å². The Morgan fingerprint density at radius 2 is 2.44 bits per heavy atom. The maximum Gasteiger partial charge on any atom is 0.170 e. The number of nitrogens with one attached hydrogen (secondary N) is 1. The molecular weight excluding hydrogens is 238 g/mol. The first-order valence-corrected chi connectivity index (χ1v) is 7.45. The van der Waals surface area contributed by atoms with Crippen molar-refractivity contribution in [3.63, 3.8) is 0 Å². The minimum atomic E-state index is 0.401. The molecule has 1 fully saturated rings. The third kappa shape index (κ3) is 2.57. The number of thioether (sulfide) groups is 1. The SMILES string of the molecule is CCNC1C(Sc2ncns2)CCC1(C)C. The van der Waals surface area contributed by atoms with Crippen molar-refractivity contribution in [2.45, 2.75) is 49.2 Å². The average molecular weight is 257 g/mol. The predicted molar refractivity (Wildman–Crippen MR) is 70.0 cm³/mol. The van der Waals surface area contributed by atoms with E-state index in [0.29, 0.717) is 16.7 Å². The fourth-order valence-corrected chi connectivity index (χ4v) is 4.59. The van der Waals surface area contributed by atoms with Gasteiger partial charge in [0.05, 0.1) is 0 Å². The molecule has 2 atom stereocenters. The molecule has 0 radical (unpaired) electrons. The summed E-state index contributed by atoms with van der Waals surface area (Å²) < 4.78 is 5.16. The lowest BCUT2D eigenvalue weighted by atomic mass is 9.87. The van der Waals surface area contributed by atoms with Crippen LogP contribution >= 0.6 is 23.3 Å². The minimum absolute atomic E-state index is 0.401. The Morgan fingerprint density at radius 1 is 1.62 bits per heavy atom. The predicted octanol–water partition coefficient (Wildman–Crippen LogP) is 2.80. The Bertz CT molecular complexity index is 324. The second-order valence-electron chi connectivity index (χ2n) is 4.93. The highest BCUT2D eigenvalue weighted by Crippen LogP contribution is 2.45. The van der Waals surface area contributed by atoms with Crippen molar-refractivity contribution in [1.82, 2.24) is 14.7 Å². The van der Waals surface area contributed by atoms with Gasteiger partial charge in [0.15, 0.2) is 4.34 Å². The molecular formula is C11H19N3S2. The molecule has 0 bridgehead atoms. The molecule has 0 saturated heterocycles. The van der Waals surface area contributed by atoms with E-state index in [1.807, 2.05) is 11.8 Å². The van der Waals surface area contributed by atoms with Gasteiger partial charge in [0, 0.05) is 11.3 Å². The van der Waals surface area contributed by atoms with E-state index in [0.717, 1.165) is 10.9 Å². The molecule has 0 aliphatic heterocycles. The normalized spacial score (nSPS) is 28.4. The van der Waals surface area contributed by atoms with Gasteiger partial charge in [-0.3, -0.25) is 0 Å². The van der Waals surface area contributed by atoms with Gasteiger partial charge in [-0.05, 0) is 36.3 Å². The van der Waals surface area contributed by atoms with Gasteiger partial charge in [-0.1, -0.05) is 32.5 Å². The molecule has 0 aromatic carbocycles. The smallest absolute Gasteiger partial charge is 0.170 e. The second-order valence-corrected chi connectivity index (χ2v) is 7.19. The van der Waals surface area contributed by atoms with Crippen molar-refractivity contribution in [2.24, 2.45) is 5.41 Å². The van der Waals surface area contributed by atoms with Crippen LogP contribution in [0, 0.1) is 5.41 Å². The number of hydrogen-bond donors (Lipinski definition) is 1. The molecule has 2 unspecified atom stereocenters. The van der Waals surface area contributed by atoms with Crippen LogP contribution in [0.4, 0.5) is 0 Å². The average Bonchev–Trinajstić information content (AvgIpc) is 2.81. The van der Waals surface area contributed by atoms with E-state index < -0.39 is 0 Å². The van der Waals surface area contributed by atoms with E-state index in [4.69, 9.17) is 0 Å². The Hall–Kier alpha value is -0.130. The number of rotatable bonds is 4. The lowest BCUT2D eigenvalue weighted by Crippen LogP contribution is -2.43. The van der Waals surface area contributed by atoms with Crippen LogP contribution in [0.5, 0.6) is 0 Å². The Labute approximate surface area is 106 Å². The zero-order chi connectivity index (χ0) is 11.6. The Morgan fingerprint density at radius 3 is 3.06 bits per heavy atom. The van der Waals surface area contributed by atoms with Crippen molar-refractivity contribution < 1.29 is 0 Å². The van der Waals surface area contributed by atoms with Crippen molar-refractivity contribution >= 4 is 23.3 Å². The molecule has 2 rings (SSSR count). The summed E-state index contributed by atoms with van der Waals surface area (Å²) in [5, 5.41) is 4.27. The van der Waals surface area contributed by atoms with E-state index in [-0.39, 0.29) is 0 Å². The molecule has 3 nitrogen and oxygen atoms in total. The third-order valence-corrected chi connectivity index (χ3v) is 5.40. The highest BCUT2D eigenvalue weighted by molar-refractivity contribution is 8.01. The van der Waals surface area contributed by atoms with E-state index in [1.165, 1.54) is 24.4 Å². The third-order valence-electron chi connectivity index (χ3n) is 3.30. The van der Waals surface area contributed by atoms with Crippen LogP contribution in [0.3, 0.4) is 0 Å². The molecule has 1 aliphatic rings. The highest BCUT2D eigenvalue weighted by atomic mass is 32.2. The topological polar surface area (TPSA) is 37.8 Å². The maximum absolute atomic E-state index is 4.26. The zero-order valence-electron chi connectivity index (χ0n) is 10.1. The summed E-state index contributed by atoms with van der Waals surface area (Å²) in [5.41, 5.74) is 0.401. The van der Waals surface area contributed by atoms with E-state index in [9.17, 15) is 0 Å². The standard InChI is InChI=1S/C11H19N3S2/c1-4-12-9-8(5-6-11(9,2)3)15-10-13-7-14-16-10/h7-9,12H,4-6H2,1-3H3. The van der Waals surface area contributed by atoms with Crippen LogP contribution in [-0.2, 0) is 0 Å². The molecule has 0 amide bonds. The number of hydrogen-bond acceptors (Lipinski definition) is 5. The summed E-state index contributed by atoms with van der Waals surface area (Å²) in [7, 11) is 0. The Balaban J connectivity index is 2.04. The summed E-state index contributed by atoms with van der Waals surface area (Å²) in [4.78, 5) is 4.26. The Kier molecular flexibility index (Phi) is 3.87. The van der Waals surface area contributed by atoms with Gasteiger partial charge < -0.3 is 5.32 Å². The van der Waals surface area contributed by atoms with Crippen molar-refractivity contribution in [3.05, 3.63) is 6.33 Å². The minimum Gasteiger partial charge on any atom is -0.313 e. The fraction of sp³-hybridized carbons (Fsp3) is 0.818. The molecule has 1 heterocycles. The lowest BCUT2D eigenvalue weighted by Gasteiger charge is -2.30. The van der Waals surface area contributed by atoms with Crippen molar-refractivity contribution in [2.75, 3.05) is 6.54 Å². The largest absolute Gasteiger partial charge is 0.313 e. The van der Waals surface area contributed by atoms with Crippen molar-refractivity contribution in [3.8, 4) is 0 Å². The maximum atomic E-state index is 4.26. The highest BCUT2D eigenvalue weighted by Gasteiger charge is 2.42. The molecule has 16 heavy (non-hydrogen) atoms. The van der Waals surface area contributed by atoms with Crippen molar-refractivity contribution in [1.29, 1.82) is 0 Å². The summed E-state index contributed by atoms with van der Waals surface area (Å²) in [6, 6.07) is 0.589. The van der Waals surface area contributed by atoms with E-state index in [1.54, 1.807) is 6.33 Å². The first-order valence-electron chi connectivity index (χ1n) is 5.80. The molecule has 1 saturated carbocycles. The van der Waals surface area contributed by atoms with Crippen LogP contribution in [0.15, 0.2) is 10.7 Å². The van der Waals surface area contributed by atoms with Gasteiger partial charge in [-0.2, -0.15) is 4.37 Å². The molecule has 1 aromatic heterocycles.